The van der Waals surface area contributed by atoms with Crippen LogP contribution < -0.4 is 15.8 Å². The molecule has 8 nitrogen and oxygen atoms in total. The summed E-state index contributed by atoms with van der Waals surface area (Å²) in [7, 11) is 0. The number of carbonyl (C=O) groups excluding carboxylic acids is 1. The molecule has 11 heteroatoms. The Kier molecular flexibility index (Phi) is 7.44. The Morgan fingerprint density at radius 1 is 1.26 bits per heavy atom. The highest BCUT2D eigenvalue weighted by molar-refractivity contribution is 6.36. The highest BCUT2D eigenvalue weighted by atomic mass is 35.5. The Morgan fingerprint density at radius 2 is 2.00 bits per heavy atom. The molecule has 1 saturated heterocycles. The third kappa shape index (κ3) is 5.02. The van der Waals surface area contributed by atoms with E-state index in [0.717, 1.165) is 16.5 Å². The number of nitrogen functional groups attached to an aromatic ring is 1. The van der Waals surface area contributed by atoms with Crippen LogP contribution in [-0.4, -0.2) is 59.1 Å². The van der Waals surface area contributed by atoms with Gasteiger partial charge < -0.3 is 30.0 Å². The van der Waals surface area contributed by atoms with Gasteiger partial charge in [-0.3, -0.25) is 0 Å². The second-order valence-corrected chi connectivity index (χ2v) is 10.7. The summed E-state index contributed by atoms with van der Waals surface area (Å²) in [4.78, 5) is 21.2. The number of fused-ring (bicyclic) bond motifs is 1. The zero-order chi connectivity index (χ0) is 27.1. The van der Waals surface area contributed by atoms with Gasteiger partial charge in [-0.05, 0) is 44.9 Å². The van der Waals surface area contributed by atoms with Crippen LogP contribution in [-0.2, 0) is 0 Å². The summed E-state index contributed by atoms with van der Waals surface area (Å²) in [6.07, 6.45) is 5.28. The van der Waals surface area contributed by atoms with Crippen molar-refractivity contribution in [3.05, 3.63) is 57.7 Å². The number of carbonyl (C=O) groups is 1. The molecular formula is C27H30Cl2FN5O3. The van der Waals surface area contributed by atoms with Gasteiger partial charge in [0.2, 0.25) is 5.75 Å². The first kappa shape index (κ1) is 26.6. The summed E-state index contributed by atoms with van der Waals surface area (Å²) >= 11 is 12.5. The van der Waals surface area contributed by atoms with Crippen LogP contribution in [0.4, 0.5) is 15.0 Å². The number of nitrogens with two attached hydrogens (primary N) is 1. The molecule has 0 aliphatic carbocycles. The fourth-order valence-electron chi connectivity index (χ4n) is 5.26. The molecule has 202 valence electrons. The average Bonchev–Trinajstić information content (AvgIpc) is 3.31. The van der Waals surface area contributed by atoms with Gasteiger partial charge in [0.1, 0.15) is 11.9 Å². The van der Waals surface area contributed by atoms with E-state index in [1.165, 1.54) is 12.1 Å². The number of amides is 2. The van der Waals surface area contributed by atoms with Crippen LogP contribution in [0.5, 0.6) is 5.75 Å². The van der Waals surface area contributed by atoms with Gasteiger partial charge in [-0.1, -0.05) is 29.3 Å². The van der Waals surface area contributed by atoms with Crippen molar-refractivity contribution in [2.75, 3.05) is 31.9 Å². The fraction of sp³-hybridized carbons (Fsp3) is 0.407. The van der Waals surface area contributed by atoms with Crippen LogP contribution in [0.15, 0.2) is 35.1 Å². The molecule has 1 aromatic carbocycles. The molecule has 4 heterocycles. The van der Waals surface area contributed by atoms with Crippen molar-refractivity contribution < 1.29 is 18.3 Å². The van der Waals surface area contributed by atoms with Crippen molar-refractivity contribution in [2.45, 2.75) is 45.4 Å². The van der Waals surface area contributed by atoms with E-state index in [1.807, 2.05) is 15.9 Å². The Hall–Kier alpha value is -3.01. The third-order valence-electron chi connectivity index (χ3n) is 7.04. The van der Waals surface area contributed by atoms with Gasteiger partial charge in [-0.25, -0.2) is 14.2 Å². The molecular weight excluding hydrogens is 532 g/mol. The molecule has 0 spiro atoms. The maximum absolute atomic E-state index is 14.1. The predicted octanol–water partition coefficient (Wildman–Crippen LogP) is 5.89. The van der Waals surface area contributed by atoms with Gasteiger partial charge in [0, 0.05) is 60.6 Å². The number of hydrogen-bond donors (Lipinski definition) is 2. The molecule has 2 aliphatic rings. The predicted molar refractivity (Wildman–Crippen MR) is 147 cm³/mol. The second kappa shape index (κ2) is 10.6. The average molecular weight is 562 g/mol. The number of piperazine rings is 1. The first-order valence-corrected chi connectivity index (χ1v) is 13.3. The van der Waals surface area contributed by atoms with E-state index in [0.29, 0.717) is 43.7 Å². The number of nitrogens with zero attached hydrogens (tertiary/aromatic N) is 3. The van der Waals surface area contributed by atoms with Crippen molar-refractivity contribution in [3.63, 3.8) is 0 Å². The zero-order valence-corrected chi connectivity index (χ0v) is 22.9. The number of aromatic nitrogens is 1. The maximum Gasteiger partial charge on any atom is 0.320 e. The highest BCUT2D eigenvalue weighted by Crippen LogP contribution is 2.41. The van der Waals surface area contributed by atoms with E-state index in [2.05, 4.69) is 24.1 Å². The van der Waals surface area contributed by atoms with Crippen LogP contribution in [0.25, 0.3) is 16.5 Å². The van der Waals surface area contributed by atoms with Crippen LogP contribution in [0, 0.1) is 5.82 Å². The Labute approximate surface area is 230 Å². The van der Waals surface area contributed by atoms with E-state index >= 15 is 0 Å². The van der Waals surface area contributed by atoms with Crippen molar-refractivity contribution in [3.8, 4) is 5.75 Å². The van der Waals surface area contributed by atoms with Crippen LogP contribution in [0.1, 0.15) is 44.4 Å². The lowest BCUT2D eigenvalue weighted by molar-refractivity contribution is 0.131. The minimum Gasteiger partial charge on any atom is -0.478 e. The van der Waals surface area contributed by atoms with Gasteiger partial charge in [-0.2, -0.15) is 0 Å². The van der Waals surface area contributed by atoms with E-state index in [9.17, 15) is 9.18 Å². The molecule has 0 saturated carbocycles. The normalized spacial score (nSPS) is 20.9. The zero-order valence-electron chi connectivity index (χ0n) is 21.4. The number of hydrogen-bond acceptors (Lipinski definition) is 6. The van der Waals surface area contributed by atoms with Crippen molar-refractivity contribution in [1.29, 1.82) is 0 Å². The molecule has 3 aromatic rings. The molecule has 3 N–H and O–H groups in total. The molecule has 1 fully saturated rings. The summed E-state index contributed by atoms with van der Waals surface area (Å²) in [6, 6.07) is 3.23. The number of rotatable bonds is 4. The highest BCUT2D eigenvalue weighted by Gasteiger charge is 2.30. The fourth-order valence-corrected chi connectivity index (χ4v) is 5.94. The van der Waals surface area contributed by atoms with Crippen molar-refractivity contribution >= 4 is 51.6 Å². The smallest absolute Gasteiger partial charge is 0.320 e. The first-order chi connectivity index (χ1) is 18.1. The van der Waals surface area contributed by atoms with E-state index < -0.39 is 11.9 Å². The lowest BCUT2D eigenvalue weighted by atomic mass is 9.99. The topological polar surface area (TPSA) is 96.9 Å². The summed E-state index contributed by atoms with van der Waals surface area (Å²) in [6.45, 7) is 8.38. The van der Waals surface area contributed by atoms with Gasteiger partial charge in [0.15, 0.2) is 11.4 Å². The quantitative estimate of drug-likeness (QED) is 0.385. The Balaban J connectivity index is 1.37. The molecule has 38 heavy (non-hydrogen) atoms. The lowest BCUT2D eigenvalue weighted by Crippen LogP contribution is -2.58. The van der Waals surface area contributed by atoms with E-state index in [4.69, 9.17) is 38.1 Å². The van der Waals surface area contributed by atoms with Gasteiger partial charge in [0.25, 0.3) is 0 Å². The number of furan rings is 1. The molecule has 2 aromatic heterocycles. The number of anilines is 1. The van der Waals surface area contributed by atoms with E-state index in [1.54, 1.807) is 19.4 Å². The van der Waals surface area contributed by atoms with Gasteiger partial charge >= 0.3 is 6.03 Å². The molecule has 3 atom stereocenters. The molecule has 2 aliphatic heterocycles. The molecule has 0 bridgehead atoms. The van der Waals surface area contributed by atoms with Crippen molar-refractivity contribution in [1.82, 2.24) is 20.1 Å². The number of pyridine rings is 1. The monoisotopic (exact) mass is 561 g/mol. The number of urea groups is 1. The Morgan fingerprint density at radius 3 is 2.68 bits per heavy atom. The standard InChI is InChI=1S/C27H30Cl2FN5O3/c1-14-11-35(12-15(2)33-14)27(36)34-8-6-17(7-9-34)19-13-37-24-18(19)10-32-26(31)25(24)38-16(3)22-20(28)4-5-21(30)23(22)29/h4-6,10,13-16,33H,7-9,11-12H2,1-3H3,(H2,31,32)/t14-,15+,16?. The van der Waals surface area contributed by atoms with Crippen LogP contribution >= 0.6 is 23.2 Å². The first-order valence-electron chi connectivity index (χ1n) is 12.6. The summed E-state index contributed by atoms with van der Waals surface area (Å²) in [5.41, 5.74) is 8.79. The number of benzene rings is 1. The van der Waals surface area contributed by atoms with Crippen LogP contribution in [0.3, 0.4) is 0 Å². The minimum absolute atomic E-state index is 0.0614. The minimum atomic E-state index is -0.724. The van der Waals surface area contributed by atoms with E-state index in [-0.39, 0.29) is 39.7 Å². The molecule has 2 amide bonds. The molecule has 1 unspecified atom stereocenters. The second-order valence-electron chi connectivity index (χ2n) is 9.96. The summed E-state index contributed by atoms with van der Waals surface area (Å²) < 4.78 is 26.1. The van der Waals surface area contributed by atoms with Crippen molar-refractivity contribution in [2.24, 2.45) is 0 Å². The molecule has 5 rings (SSSR count). The third-order valence-corrected chi connectivity index (χ3v) is 7.75. The number of ether oxygens (including phenoxy) is 1. The SMILES string of the molecule is CC(Oc1c(N)ncc2c(C3=CCN(C(=O)N4C[C@@H](C)N[C@@H](C)C4)CC3)coc12)c1c(Cl)ccc(F)c1Cl. The van der Waals surface area contributed by atoms with Crippen LogP contribution in [0.2, 0.25) is 10.0 Å². The van der Waals surface area contributed by atoms with Gasteiger partial charge in [0.05, 0.1) is 16.7 Å². The largest absolute Gasteiger partial charge is 0.478 e. The lowest BCUT2D eigenvalue weighted by Gasteiger charge is -2.39. The van der Waals surface area contributed by atoms with Gasteiger partial charge in [-0.15, -0.1) is 0 Å². The maximum atomic E-state index is 14.1. The summed E-state index contributed by atoms with van der Waals surface area (Å²) in [5.74, 6) is -0.237. The number of halogens is 3. The summed E-state index contributed by atoms with van der Waals surface area (Å²) in [5, 5.41) is 4.35. The Bertz CT molecular complexity index is 1400. The molecule has 0 radical (unpaired) electrons. The number of nitrogens with one attached hydrogen (secondary N) is 1.